The van der Waals surface area contributed by atoms with Gasteiger partial charge < -0.3 is 5.32 Å². The highest BCUT2D eigenvalue weighted by atomic mass is 32.2. The van der Waals surface area contributed by atoms with Crippen molar-refractivity contribution in [3.63, 3.8) is 0 Å². The first-order valence-corrected chi connectivity index (χ1v) is 12.3. The molecule has 0 fully saturated rings. The van der Waals surface area contributed by atoms with Crippen LogP contribution in [0, 0.1) is 11.6 Å². The summed E-state index contributed by atoms with van der Waals surface area (Å²) in [5.74, 6) is -2.90. The minimum absolute atomic E-state index is 0.0829. The predicted molar refractivity (Wildman–Crippen MR) is 120 cm³/mol. The van der Waals surface area contributed by atoms with Gasteiger partial charge >= 0.3 is 6.18 Å². The minimum Gasteiger partial charge on any atom is -0.346 e. The smallest absolute Gasteiger partial charge is 0.346 e. The molecule has 0 aliphatic heterocycles. The quantitative estimate of drug-likeness (QED) is 0.345. The van der Waals surface area contributed by atoms with Gasteiger partial charge in [-0.1, -0.05) is 26.3 Å². The summed E-state index contributed by atoms with van der Waals surface area (Å²) in [6.45, 7) is 3.49. The van der Waals surface area contributed by atoms with Crippen LogP contribution in [0.2, 0.25) is 0 Å². The topological polar surface area (TPSA) is 75.3 Å². The molecule has 0 bridgehead atoms. The van der Waals surface area contributed by atoms with Gasteiger partial charge in [0.05, 0.1) is 17.9 Å². The third kappa shape index (κ3) is 7.54. The van der Waals surface area contributed by atoms with Crippen molar-refractivity contribution in [3.05, 3.63) is 70.3 Å². The van der Waals surface area contributed by atoms with E-state index in [0.29, 0.717) is 24.0 Å². The zero-order valence-electron chi connectivity index (χ0n) is 18.8. The van der Waals surface area contributed by atoms with Crippen LogP contribution in [0.3, 0.4) is 0 Å². The molecule has 0 saturated heterocycles. The highest BCUT2D eigenvalue weighted by Gasteiger charge is 2.30. The summed E-state index contributed by atoms with van der Waals surface area (Å²) >= 11 is 0. The first kappa shape index (κ1) is 27.3. The molecule has 34 heavy (non-hydrogen) atoms. The maximum absolute atomic E-state index is 14.3. The molecular weight excluding hydrogens is 479 g/mol. The summed E-state index contributed by atoms with van der Waals surface area (Å²) in [7, 11) is -3.90. The molecule has 0 unspecified atom stereocenters. The molecule has 0 aliphatic carbocycles. The molecule has 186 valence electrons. The summed E-state index contributed by atoms with van der Waals surface area (Å²) < 4.78 is 91.9. The van der Waals surface area contributed by atoms with Gasteiger partial charge in [-0.05, 0) is 59.9 Å². The van der Waals surface area contributed by atoms with Crippen molar-refractivity contribution >= 4 is 27.7 Å². The molecule has 0 aromatic heterocycles. The first-order chi connectivity index (χ1) is 15.7. The van der Waals surface area contributed by atoms with Crippen molar-refractivity contribution in [2.45, 2.75) is 45.3 Å². The lowest BCUT2D eigenvalue weighted by atomic mass is 9.99. The standard InChI is InChI=1S/C23H25F5N2O3S/c1-4-6-15-11-17(23(26,27)28)9-7-14(15)8-10-21(31)29-20(5-2)16-12-18(24)22(19(25)13-16)30-34(3,32)33/h7-13,20,30H,4-6H2,1-3H3,(H,29,31)/b10-8-/t20-/m1/s1. The average Bonchev–Trinajstić information content (AvgIpc) is 2.72. The Hall–Kier alpha value is -2.95. The molecule has 5 nitrogen and oxygen atoms in total. The molecule has 0 radical (unpaired) electrons. The van der Waals surface area contributed by atoms with Crippen LogP contribution < -0.4 is 10.0 Å². The number of hydrogen-bond acceptors (Lipinski definition) is 3. The van der Waals surface area contributed by atoms with Gasteiger partial charge in [-0.15, -0.1) is 0 Å². The lowest BCUT2D eigenvalue weighted by Gasteiger charge is -2.18. The van der Waals surface area contributed by atoms with Crippen LogP contribution in [0.5, 0.6) is 0 Å². The monoisotopic (exact) mass is 504 g/mol. The molecule has 2 N–H and O–H groups in total. The van der Waals surface area contributed by atoms with E-state index in [0.717, 1.165) is 36.6 Å². The Morgan fingerprint density at radius 1 is 1.09 bits per heavy atom. The number of carbonyl (C=O) groups is 1. The summed E-state index contributed by atoms with van der Waals surface area (Å²) in [6, 6.07) is 4.31. The number of aryl methyl sites for hydroxylation is 1. The Kier molecular flexibility index (Phi) is 8.82. The molecule has 1 atom stereocenters. The molecule has 2 aromatic rings. The number of carbonyl (C=O) groups excluding carboxylic acids is 1. The van der Waals surface area contributed by atoms with Gasteiger partial charge in [0.15, 0.2) is 11.6 Å². The lowest BCUT2D eigenvalue weighted by molar-refractivity contribution is -0.137. The molecule has 0 saturated carbocycles. The van der Waals surface area contributed by atoms with Crippen LogP contribution in [0.1, 0.15) is 55.0 Å². The number of halogens is 5. The molecule has 0 spiro atoms. The maximum atomic E-state index is 14.3. The summed E-state index contributed by atoms with van der Waals surface area (Å²) in [6.07, 6.45) is 0.0445. The number of hydrogen-bond donors (Lipinski definition) is 2. The van der Waals surface area contributed by atoms with E-state index < -0.39 is 51.0 Å². The van der Waals surface area contributed by atoms with E-state index in [1.54, 1.807) is 11.6 Å². The second-order valence-corrected chi connectivity index (χ2v) is 9.45. The van der Waals surface area contributed by atoms with Crippen molar-refractivity contribution < 1.29 is 35.2 Å². The third-order valence-electron chi connectivity index (χ3n) is 4.88. The van der Waals surface area contributed by atoms with Crippen molar-refractivity contribution in [2.75, 3.05) is 11.0 Å². The second-order valence-electron chi connectivity index (χ2n) is 7.70. The molecule has 2 rings (SSSR count). The second kappa shape index (κ2) is 11.0. The highest BCUT2D eigenvalue weighted by molar-refractivity contribution is 7.92. The predicted octanol–water partition coefficient (Wildman–Crippen LogP) is 5.59. The van der Waals surface area contributed by atoms with E-state index in [2.05, 4.69) is 5.32 Å². The van der Waals surface area contributed by atoms with Crippen molar-refractivity contribution in [1.82, 2.24) is 5.32 Å². The van der Waals surface area contributed by atoms with Crippen molar-refractivity contribution in [3.8, 4) is 0 Å². The first-order valence-electron chi connectivity index (χ1n) is 10.4. The van der Waals surface area contributed by atoms with Crippen LogP contribution in [0.4, 0.5) is 27.6 Å². The van der Waals surface area contributed by atoms with Gasteiger partial charge in [-0.25, -0.2) is 17.2 Å². The fourth-order valence-electron chi connectivity index (χ4n) is 3.31. The number of sulfonamides is 1. The number of benzene rings is 2. The lowest BCUT2D eigenvalue weighted by Crippen LogP contribution is -2.26. The fraction of sp³-hybridized carbons (Fsp3) is 0.348. The molecule has 0 aliphatic rings. The van der Waals surface area contributed by atoms with E-state index in [4.69, 9.17) is 0 Å². The van der Waals surface area contributed by atoms with Crippen LogP contribution in [-0.2, 0) is 27.4 Å². The van der Waals surface area contributed by atoms with E-state index in [9.17, 15) is 35.2 Å². The normalized spacial score (nSPS) is 13.2. The SMILES string of the molecule is CCCc1cc(C(F)(F)F)ccc1/C=C\C(=O)N[C@H](CC)c1cc(F)c(NS(C)(=O)=O)c(F)c1. The number of nitrogens with one attached hydrogen (secondary N) is 2. The third-order valence-corrected chi connectivity index (χ3v) is 5.46. The van der Waals surface area contributed by atoms with Crippen LogP contribution in [0.25, 0.3) is 6.08 Å². The largest absolute Gasteiger partial charge is 0.416 e. The van der Waals surface area contributed by atoms with Crippen LogP contribution in [0.15, 0.2) is 36.4 Å². The van der Waals surface area contributed by atoms with Gasteiger partial charge in [0.2, 0.25) is 15.9 Å². The Morgan fingerprint density at radius 2 is 1.71 bits per heavy atom. The van der Waals surface area contributed by atoms with Gasteiger partial charge in [0, 0.05) is 6.08 Å². The Bertz CT molecular complexity index is 1150. The van der Waals surface area contributed by atoms with Gasteiger partial charge in [0.25, 0.3) is 0 Å². The molecule has 0 heterocycles. The Morgan fingerprint density at radius 3 is 2.21 bits per heavy atom. The summed E-state index contributed by atoms with van der Waals surface area (Å²) in [4.78, 5) is 12.4. The zero-order chi connectivity index (χ0) is 25.7. The molecular formula is C23H25F5N2O3S. The summed E-state index contributed by atoms with van der Waals surface area (Å²) in [5.41, 5.74) is -0.628. The number of alkyl halides is 3. The highest BCUT2D eigenvalue weighted by Crippen LogP contribution is 2.31. The fourth-order valence-corrected chi connectivity index (χ4v) is 3.88. The maximum Gasteiger partial charge on any atom is 0.416 e. The van der Waals surface area contributed by atoms with Gasteiger partial charge in [-0.3, -0.25) is 9.52 Å². The van der Waals surface area contributed by atoms with Crippen LogP contribution in [-0.4, -0.2) is 20.6 Å². The van der Waals surface area contributed by atoms with E-state index in [1.165, 1.54) is 12.1 Å². The van der Waals surface area contributed by atoms with Gasteiger partial charge in [0.1, 0.15) is 5.69 Å². The van der Waals surface area contributed by atoms with Crippen molar-refractivity contribution in [1.29, 1.82) is 0 Å². The molecule has 1 amide bonds. The molecule has 2 aromatic carbocycles. The minimum atomic E-state index is -4.48. The van der Waals surface area contributed by atoms with E-state index >= 15 is 0 Å². The summed E-state index contributed by atoms with van der Waals surface area (Å²) in [5, 5.41) is 2.58. The number of anilines is 1. The number of amides is 1. The Labute approximate surface area is 195 Å². The molecule has 11 heteroatoms. The average molecular weight is 505 g/mol. The number of rotatable bonds is 9. The Balaban J connectivity index is 2.23. The van der Waals surface area contributed by atoms with Crippen LogP contribution >= 0.6 is 0 Å². The van der Waals surface area contributed by atoms with Gasteiger partial charge in [-0.2, -0.15) is 13.2 Å². The van der Waals surface area contributed by atoms with Crippen molar-refractivity contribution in [2.24, 2.45) is 0 Å². The zero-order valence-corrected chi connectivity index (χ0v) is 19.6. The van der Waals surface area contributed by atoms with E-state index in [1.807, 2.05) is 6.92 Å². The van der Waals surface area contributed by atoms with E-state index in [-0.39, 0.29) is 12.0 Å².